The molecule has 6 nitrogen and oxygen atoms in total. The summed E-state index contributed by atoms with van der Waals surface area (Å²) in [6, 6.07) is 13.6. The normalized spacial score (nSPS) is 14.5. The first kappa shape index (κ1) is 24.2. The summed E-state index contributed by atoms with van der Waals surface area (Å²) in [5.41, 5.74) is 0.835. The van der Waals surface area contributed by atoms with Gasteiger partial charge in [-0.2, -0.15) is 0 Å². The van der Waals surface area contributed by atoms with E-state index in [0.717, 1.165) is 35.4 Å². The number of carbonyl (C=O) groups is 3. The lowest BCUT2D eigenvalue weighted by atomic mass is 10.1. The van der Waals surface area contributed by atoms with Gasteiger partial charge in [0.1, 0.15) is 6.04 Å². The van der Waals surface area contributed by atoms with E-state index in [1.165, 1.54) is 22.7 Å². The fraction of sp³-hybridized carbons (Fsp3) is 0.346. The Morgan fingerprint density at radius 1 is 1.06 bits per heavy atom. The third-order valence-electron chi connectivity index (χ3n) is 5.83. The van der Waals surface area contributed by atoms with Crippen LogP contribution in [-0.2, 0) is 20.7 Å². The lowest BCUT2D eigenvalue weighted by Crippen LogP contribution is -2.46. The molecule has 178 valence electrons. The number of esters is 1. The molecule has 1 unspecified atom stereocenters. The molecule has 0 spiro atoms. The standard InChI is InChI=1S/C26H28N2O4S2/c1-2-32-26(31)18-8-5-11-20(16-18)28(23(29)17-21-12-6-14-33-21)24(22-13-7-15-34-22)25(30)27-19-9-3-4-10-19/h5-8,11-16,19,24H,2-4,9-10,17H2,1H3,(H,27,30). The van der Waals surface area contributed by atoms with Crippen molar-refractivity contribution in [2.24, 2.45) is 0 Å². The predicted octanol–water partition coefficient (Wildman–Crippen LogP) is 5.36. The van der Waals surface area contributed by atoms with E-state index in [9.17, 15) is 14.4 Å². The van der Waals surface area contributed by atoms with Gasteiger partial charge in [0.15, 0.2) is 0 Å². The number of nitrogens with zero attached hydrogens (tertiary/aromatic N) is 1. The zero-order valence-corrected chi connectivity index (χ0v) is 20.7. The predicted molar refractivity (Wildman–Crippen MR) is 135 cm³/mol. The SMILES string of the molecule is CCOC(=O)c1cccc(N(C(=O)Cc2cccs2)C(C(=O)NC2CCCC2)c2cccs2)c1. The number of benzene rings is 1. The second kappa shape index (κ2) is 11.4. The molecule has 8 heteroatoms. The molecule has 1 saturated carbocycles. The first-order chi connectivity index (χ1) is 16.6. The Morgan fingerprint density at radius 3 is 2.50 bits per heavy atom. The molecule has 0 bridgehead atoms. The fourth-order valence-corrected chi connectivity index (χ4v) is 5.76. The van der Waals surface area contributed by atoms with Crippen LogP contribution in [0.5, 0.6) is 0 Å². The second-order valence-electron chi connectivity index (χ2n) is 8.20. The molecule has 1 atom stereocenters. The van der Waals surface area contributed by atoms with Crippen LogP contribution in [0.4, 0.5) is 5.69 Å². The zero-order valence-electron chi connectivity index (χ0n) is 19.1. The number of hydrogen-bond acceptors (Lipinski definition) is 6. The monoisotopic (exact) mass is 496 g/mol. The van der Waals surface area contributed by atoms with Gasteiger partial charge in [-0.1, -0.05) is 31.0 Å². The van der Waals surface area contributed by atoms with Crippen molar-refractivity contribution in [3.63, 3.8) is 0 Å². The van der Waals surface area contributed by atoms with Gasteiger partial charge >= 0.3 is 5.97 Å². The summed E-state index contributed by atoms with van der Waals surface area (Å²) in [6.45, 7) is 2.00. The van der Waals surface area contributed by atoms with Crippen molar-refractivity contribution in [2.75, 3.05) is 11.5 Å². The Balaban J connectivity index is 1.74. The van der Waals surface area contributed by atoms with Crippen molar-refractivity contribution in [1.29, 1.82) is 0 Å². The highest BCUT2D eigenvalue weighted by molar-refractivity contribution is 7.10. The van der Waals surface area contributed by atoms with Crippen molar-refractivity contribution < 1.29 is 19.1 Å². The van der Waals surface area contributed by atoms with Crippen molar-refractivity contribution in [3.05, 3.63) is 74.6 Å². The highest BCUT2D eigenvalue weighted by Crippen LogP contribution is 2.33. The molecule has 1 aliphatic rings. The molecule has 4 rings (SSSR count). The van der Waals surface area contributed by atoms with Gasteiger partial charge in [-0.15, -0.1) is 22.7 Å². The molecule has 0 radical (unpaired) electrons. The Bertz CT molecular complexity index is 1110. The van der Waals surface area contributed by atoms with Crippen molar-refractivity contribution in [1.82, 2.24) is 5.32 Å². The van der Waals surface area contributed by atoms with Crippen LogP contribution in [0, 0.1) is 0 Å². The Hall–Kier alpha value is -2.97. The number of rotatable bonds is 9. The van der Waals surface area contributed by atoms with E-state index in [1.54, 1.807) is 36.1 Å². The second-order valence-corrected chi connectivity index (χ2v) is 10.2. The number of thiophene rings is 2. The molecule has 3 aromatic rings. The summed E-state index contributed by atoms with van der Waals surface area (Å²) in [6.07, 6.45) is 4.25. The molecule has 0 aliphatic heterocycles. The highest BCUT2D eigenvalue weighted by atomic mass is 32.1. The molecule has 2 heterocycles. The Labute approximate surface area is 207 Å². The third-order valence-corrected chi connectivity index (χ3v) is 7.63. The number of anilines is 1. The Kier molecular flexibility index (Phi) is 8.13. The van der Waals surface area contributed by atoms with Gasteiger partial charge in [0.05, 0.1) is 18.6 Å². The van der Waals surface area contributed by atoms with Crippen molar-refractivity contribution in [3.8, 4) is 0 Å². The van der Waals surface area contributed by atoms with Crippen LogP contribution in [0.25, 0.3) is 0 Å². The number of hydrogen-bond donors (Lipinski definition) is 1. The topological polar surface area (TPSA) is 75.7 Å². The van der Waals surface area contributed by atoms with Crippen LogP contribution in [0.1, 0.15) is 58.8 Å². The van der Waals surface area contributed by atoms with E-state index in [4.69, 9.17) is 4.74 Å². The van der Waals surface area contributed by atoms with Gasteiger partial charge < -0.3 is 10.1 Å². The number of ether oxygens (including phenoxy) is 1. The molecule has 1 fully saturated rings. The van der Waals surface area contributed by atoms with Gasteiger partial charge in [-0.3, -0.25) is 14.5 Å². The average Bonchev–Trinajstić information content (AvgIpc) is 3.61. The van der Waals surface area contributed by atoms with Gasteiger partial charge in [0, 0.05) is 21.5 Å². The molecule has 2 amide bonds. The largest absolute Gasteiger partial charge is 0.462 e. The van der Waals surface area contributed by atoms with E-state index < -0.39 is 12.0 Å². The molecular weight excluding hydrogens is 468 g/mol. The van der Waals surface area contributed by atoms with Crippen LogP contribution >= 0.6 is 22.7 Å². The number of carbonyl (C=O) groups excluding carboxylic acids is 3. The minimum Gasteiger partial charge on any atom is -0.462 e. The lowest BCUT2D eigenvalue weighted by molar-refractivity contribution is -0.126. The maximum Gasteiger partial charge on any atom is 0.338 e. The van der Waals surface area contributed by atoms with E-state index in [0.29, 0.717) is 11.3 Å². The van der Waals surface area contributed by atoms with Crippen molar-refractivity contribution in [2.45, 2.75) is 51.1 Å². The lowest BCUT2D eigenvalue weighted by Gasteiger charge is -2.31. The summed E-state index contributed by atoms with van der Waals surface area (Å²) in [7, 11) is 0. The summed E-state index contributed by atoms with van der Waals surface area (Å²) in [4.78, 5) is 43.0. The molecule has 2 aromatic heterocycles. The summed E-state index contributed by atoms with van der Waals surface area (Å²) in [5.74, 6) is -0.864. The summed E-state index contributed by atoms with van der Waals surface area (Å²) >= 11 is 2.94. The fourth-order valence-electron chi connectivity index (χ4n) is 4.25. The van der Waals surface area contributed by atoms with Gasteiger partial charge in [0.2, 0.25) is 11.8 Å². The van der Waals surface area contributed by atoms with E-state index in [2.05, 4.69) is 5.32 Å². The highest BCUT2D eigenvalue weighted by Gasteiger charge is 2.35. The van der Waals surface area contributed by atoms with Crippen LogP contribution in [-0.4, -0.2) is 30.4 Å². The van der Waals surface area contributed by atoms with Crippen LogP contribution in [0.15, 0.2) is 59.3 Å². The maximum absolute atomic E-state index is 13.7. The first-order valence-corrected chi connectivity index (χ1v) is 13.3. The van der Waals surface area contributed by atoms with Crippen LogP contribution in [0.3, 0.4) is 0 Å². The average molecular weight is 497 g/mol. The molecule has 1 aromatic carbocycles. The molecule has 1 aliphatic carbocycles. The molecule has 34 heavy (non-hydrogen) atoms. The first-order valence-electron chi connectivity index (χ1n) is 11.5. The zero-order chi connectivity index (χ0) is 23.9. The number of amides is 2. The van der Waals surface area contributed by atoms with Crippen LogP contribution < -0.4 is 10.2 Å². The maximum atomic E-state index is 13.7. The molecule has 0 saturated heterocycles. The van der Waals surface area contributed by atoms with E-state index in [1.807, 2.05) is 35.0 Å². The minimum atomic E-state index is -0.828. The molecule has 1 N–H and O–H groups in total. The van der Waals surface area contributed by atoms with Gasteiger partial charge in [-0.25, -0.2) is 4.79 Å². The summed E-state index contributed by atoms with van der Waals surface area (Å²) in [5, 5.41) is 7.01. The van der Waals surface area contributed by atoms with Gasteiger partial charge in [-0.05, 0) is 60.9 Å². The smallest absolute Gasteiger partial charge is 0.338 e. The van der Waals surface area contributed by atoms with Crippen LogP contribution in [0.2, 0.25) is 0 Å². The summed E-state index contributed by atoms with van der Waals surface area (Å²) < 4.78 is 5.16. The van der Waals surface area contributed by atoms with E-state index in [-0.39, 0.29) is 30.9 Å². The molecular formula is C26H28N2O4S2. The van der Waals surface area contributed by atoms with E-state index >= 15 is 0 Å². The van der Waals surface area contributed by atoms with Gasteiger partial charge in [0.25, 0.3) is 0 Å². The quantitative estimate of drug-likeness (QED) is 0.405. The number of nitrogens with one attached hydrogen (secondary N) is 1. The Morgan fingerprint density at radius 2 is 1.82 bits per heavy atom. The third kappa shape index (κ3) is 5.74. The minimum absolute atomic E-state index is 0.120. The van der Waals surface area contributed by atoms with Crippen molar-refractivity contribution >= 4 is 46.1 Å².